The summed E-state index contributed by atoms with van der Waals surface area (Å²) in [5.41, 5.74) is 0.987. The van der Waals surface area contributed by atoms with Gasteiger partial charge in [-0.1, -0.05) is 22.6 Å². The van der Waals surface area contributed by atoms with Crippen LogP contribution < -0.4 is 4.52 Å². The molecule has 3 atom stereocenters. The zero-order chi connectivity index (χ0) is 13.5. The van der Waals surface area contributed by atoms with E-state index in [1.54, 1.807) is 25.2 Å². The molecule has 1 rings (SSSR count). The van der Waals surface area contributed by atoms with Gasteiger partial charge in [-0.2, -0.15) is 4.52 Å². The van der Waals surface area contributed by atoms with Crippen LogP contribution in [0.25, 0.3) is 0 Å². The second-order valence-corrected chi connectivity index (χ2v) is 11.3. The first-order chi connectivity index (χ1) is 8.52. The molecule has 0 aliphatic carbocycles. The Balaban J connectivity index is 2.63. The van der Waals surface area contributed by atoms with E-state index in [-0.39, 0.29) is 0 Å². The van der Waals surface area contributed by atoms with Crippen molar-refractivity contribution in [2.75, 3.05) is 14.2 Å². The Bertz CT molecular complexity index is 427. The first-order valence-corrected chi connectivity index (χ1v) is 11.6. The highest BCUT2D eigenvalue weighted by Crippen LogP contribution is 2.53. The van der Waals surface area contributed by atoms with Crippen LogP contribution in [0.15, 0.2) is 29.4 Å². The van der Waals surface area contributed by atoms with E-state index in [0.29, 0.717) is 0 Å². The minimum atomic E-state index is -1.06. The first-order valence-electron chi connectivity index (χ1n) is 4.89. The molecule has 0 aliphatic heterocycles. The van der Waals surface area contributed by atoms with Crippen LogP contribution in [-0.2, 0) is 16.3 Å². The van der Waals surface area contributed by atoms with E-state index in [9.17, 15) is 0 Å². The normalized spacial score (nSPS) is 11.9. The average molecular weight is 339 g/mol. The van der Waals surface area contributed by atoms with Crippen LogP contribution in [0.1, 0.15) is 5.56 Å². The zero-order valence-corrected chi connectivity index (χ0v) is 15.0. The number of hydrogen-bond acceptors (Lipinski definition) is 4. The minimum absolute atomic E-state index is 0.552. The van der Waals surface area contributed by atoms with Gasteiger partial charge >= 0.3 is 7.07 Å². The zero-order valence-electron chi connectivity index (χ0n) is 10.1. The van der Waals surface area contributed by atoms with E-state index in [4.69, 9.17) is 20.9 Å². The Morgan fingerprint density at radius 1 is 1.39 bits per heavy atom. The van der Waals surface area contributed by atoms with Crippen molar-refractivity contribution in [3.05, 3.63) is 29.8 Å². The summed E-state index contributed by atoms with van der Waals surface area (Å²) < 4.78 is 12.2. The van der Waals surface area contributed by atoms with Gasteiger partial charge in [0.1, 0.15) is 13.3 Å². The Labute approximate surface area is 119 Å². The summed E-state index contributed by atoms with van der Waals surface area (Å²) in [7, 11) is 7.00. The van der Waals surface area contributed by atoms with Gasteiger partial charge in [0.05, 0.1) is 20.4 Å². The van der Waals surface area contributed by atoms with Gasteiger partial charge in [-0.05, 0) is 29.8 Å². The molecule has 18 heavy (non-hydrogen) atoms. The lowest BCUT2D eigenvalue weighted by Crippen LogP contribution is -2.00. The molecule has 98 valence electrons. The molecule has 0 spiro atoms. The Morgan fingerprint density at radius 2 is 2.00 bits per heavy atom. The van der Waals surface area contributed by atoms with Gasteiger partial charge in [0, 0.05) is 0 Å². The molecular weight excluding hydrogens is 324 g/mol. The topological polar surface area (TPSA) is 34.1 Å². The molecular formula is C9H15N2O2P4S+. The van der Waals surface area contributed by atoms with E-state index in [0.717, 1.165) is 11.3 Å². The third kappa shape index (κ3) is 5.93. The van der Waals surface area contributed by atoms with Crippen LogP contribution in [0.5, 0.6) is 5.75 Å². The predicted octanol–water partition coefficient (Wildman–Crippen LogP) is 3.73. The van der Waals surface area contributed by atoms with Crippen molar-refractivity contribution in [3.8, 4) is 5.75 Å². The van der Waals surface area contributed by atoms with Gasteiger partial charge in [-0.15, -0.1) is 5.10 Å². The van der Waals surface area contributed by atoms with Gasteiger partial charge in [0.25, 0.3) is 0 Å². The molecule has 0 N–H and O–H groups in total. The molecule has 0 heterocycles. The molecule has 0 amide bonds. The number of benzene rings is 1. The van der Waals surface area contributed by atoms with Crippen LogP contribution >= 0.6 is 32.5 Å². The summed E-state index contributed by atoms with van der Waals surface area (Å²) in [6.07, 6.45) is 1.74. The highest BCUT2D eigenvalue weighted by atomic mass is 32.4. The van der Waals surface area contributed by atoms with E-state index in [2.05, 4.69) is 23.0 Å². The van der Waals surface area contributed by atoms with Gasteiger partial charge in [-0.25, -0.2) is 0 Å². The van der Waals surface area contributed by atoms with Crippen molar-refractivity contribution in [2.45, 2.75) is 0 Å². The Hall–Kier alpha value is 0.260. The molecule has 0 saturated heterocycles. The van der Waals surface area contributed by atoms with Crippen molar-refractivity contribution < 1.29 is 9.05 Å². The fraction of sp³-hybridized carbons (Fsp3) is 0.222. The molecule has 9 heteroatoms. The van der Waals surface area contributed by atoms with Crippen LogP contribution in [0.2, 0.25) is 0 Å². The predicted molar refractivity (Wildman–Crippen MR) is 90.1 cm³/mol. The standard InChI is InChI=1S/C9H15N2O2P4S/c1-11(16(18)12-2)10-7-8-3-5-9(6-4-8)13-17(14)15/h3-7H,14-15H2,1-2H3/q+1/b10-7+. The van der Waals surface area contributed by atoms with Crippen molar-refractivity contribution in [1.82, 2.24) is 4.78 Å². The van der Waals surface area contributed by atoms with Crippen LogP contribution in [0.4, 0.5) is 0 Å². The third-order valence-corrected chi connectivity index (χ3v) is 4.96. The molecule has 0 aliphatic rings. The maximum Gasteiger partial charge on any atom is 0.488 e. The number of rotatable bonds is 6. The molecule has 1 aromatic rings. The van der Waals surface area contributed by atoms with Gasteiger partial charge < -0.3 is 4.52 Å². The molecule has 0 fully saturated rings. The van der Waals surface area contributed by atoms with Gasteiger partial charge in [0.15, 0.2) is 0 Å². The smallest absolute Gasteiger partial charge is 0.466 e. The lowest BCUT2D eigenvalue weighted by atomic mass is 10.2. The minimum Gasteiger partial charge on any atom is -0.466 e. The van der Waals surface area contributed by atoms with E-state index < -0.39 is 14.6 Å². The van der Waals surface area contributed by atoms with Crippen molar-refractivity contribution in [3.63, 3.8) is 0 Å². The summed E-state index contributed by atoms with van der Waals surface area (Å²) in [5.74, 6) is 0.846. The SMILES string of the molecule is CO[P+](=S)N(C)/N=C/c1ccc(OP(P)P)cc1. The van der Waals surface area contributed by atoms with E-state index >= 15 is 0 Å². The van der Waals surface area contributed by atoms with Crippen molar-refractivity contribution in [1.29, 1.82) is 0 Å². The summed E-state index contributed by atoms with van der Waals surface area (Å²) in [6, 6.07) is 7.72. The molecule has 0 radical (unpaired) electrons. The molecule has 0 bridgehead atoms. The second-order valence-electron chi connectivity index (χ2n) is 3.17. The monoisotopic (exact) mass is 339 g/mol. The van der Waals surface area contributed by atoms with Gasteiger partial charge in [0.2, 0.25) is 11.8 Å². The lowest BCUT2D eigenvalue weighted by molar-refractivity contribution is 0.421. The second kappa shape index (κ2) is 8.43. The highest BCUT2D eigenvalue weighted by molar-refractivity contribution is 8.41. The molecule has 4 nitrogen and oxygen atoms in total. The summed E-state index contributed by atoms with van der Waals surface area (Å²) in [5, 5.41) is 4.22. The number of hydrogen-bond donors (Lipinski definition) is 0. The lowest BCUT2D eigenvalue weighted by Gasteiger charge is -2.08. The number of hydrazone groups is 1. The van der Waals surface area contributed by atoms with Crippen molar-refractivity contribution in [2.24, 2.45) is 5.10 Å². The molecule has 3 unspecified atom stereocenters. The molecule has 0 aromatic heterocycles. The summed E-state index contributed by atoms with van der Waals surface area (Å²) in [4.78, 5) is 0. The quantitative estimate of drug-likeness (QED) is 0.449. The maximum absolute atomic E-state index is 5.55. The fourth-order valence-electron chi connectivity index (χ4n) is 1.05. The fourth-order valence-corrected chi connectivity index (χ4v) is 2.64. The van der Waals surface area contributed by atoms with E-state index in [1.807, 2.05) is 24.3 Å². The summed E-state index contributed by atoms with van der Waals surface area (Å²) in [6.45, 7) is 0. The maximum atomic E-state index is 5.55. The molecule has 1 aromatic carbocycles. The largest absolute Gasteiger partial charge is 0.488 e. The Kier molecular flexibility index (Phi) is 7.64. The van der Waals surface area contributed by atoms with E-state index in [1.165, 1.54) is 0 Å². The average Bonchev–Trinajstić information content (AvgIpc) is 2.36. The van der Waals surface area contributed by atoms with Crippen LogP contribution in [-0.4, -0.2) is 25.2 Å². The highest BCUT2D eigenvalue weighted by Gasteiger charge is 2.14. The summed E-state index contributed by atoms with van der Waals surface area (Å²) >= 11 is 5.08. The van der Waals surface area contributed by atoms with Crippen LogP contribution in [0, 0.1) is 0 Å². The van der Waals surface area contributed by atoms with Crippen molar-refractivity contribution >= 4 is 50.5 Å². The van der Waals surface area contributed by atoms with Crippen LogP contribution in [0.3, 0.4) is 0 Å². The first kappa shape index (κ1) is 16.3. The molecule has 0 saturated carbocycles. The third-order valence-electron chi connectivity index (χ3n) is 1.86. The van der Waals surface area contributed by atoms with Gasteiger partial charge in [-0.3, -0.25) is 0 Å². The Morgan fingerprint density at radius 3 is 2.50 bits per heavy atom. The number of nitrogens with zero attached hydrogens (tertiary/aromatic N) is 2.